The van der Waals surface area contributed by atoms with E-state index in [2.05, 4.69) is 25.6 Å². The fourth-order valence-electron chi connectivity index (χ4n) is 4.55. The number of anilines is 3. The molecule has 0 bridgehead atoms. The fourth-order valence-corrected chi connectivity index (χ4v) is 4.55. The van der Waals surface area contributed by atoms with Gasteiger partial charge in [-0.25, -0.2) is 18.7 Å². The van der Waals surface area contributed by atoms with E-state index >= 15 is 4.39 Å². The zero-order valence-electron chi connectivity index (χ0n) is 20.6. The fraction of sp³-hybridized carbons (Fsp3) is 0.231. The summed E-state index contributed by atoms with van der Waals surface area (Å²) in [5.74, 6) is -0.715. The monoisotopic (exact) mass is 519 g/mol. The quantitative estimate of drug-likeness (QED) is 0.224. The van der Waals surface area contributed by atoms with E-state index < -0.39 is 11.8 Å². The molecule has 1 fully saturated rings. The number of morpholine rings is 1. The predicted octanol–water partition coefficient (Wildman–Crippen LogP) is 3.50. The Morgan fingerprint density at radius 1 is 1.13 bits per heavy atom. The van der Waals surface area contributed by atoms with Crippen molar-refractivity contribution in [3.05, 3.63) is 65.9 Å². The van der Waals surface area contributed by atoms with Gasteiger partial charge in [-0.2, -0.15) is 5.10 Å². The number of rotatable bonds is 6. The van der Waals surface area contributed by atoms with Crippen LogP contribution in [0.1, 0.15) is 23.0 Å². The molecule has 0 saturated carbocycles. The van der Waals surface area contributed by atoms with E-state index in [4.69, 9.17) is 10.5 Å². The normalized spacial score (nSPS) is 13.9. The molecule has 0 aliphatic carbocycles. The third-order valence-electron chi connectivity index (χ3n) is 6.31. The minimum atomic E-state index is -0.706. The van der Waals surface area contributed by atoms with Gasteiger partial charge in [0.25, 0.3) is 0 Å². The SMILES string of the molecule is CC(=O)c1c(-c2ccc(NC(=O)Nc3ccc(O)cc3)c(F)c2)c2c(N)ncnn2c1CN1CCOCC1. The number of ether oxygens (including phenoxy) is 1. The largest absolute Gasteiger partial charge is 0.508 e. The van der Waals surface area contributed by atoms with Crippen LogP contribution in [0, 0.1) is 5.82 Å². The summed E-state index contributed by atoms with van der Waals surface area (Å²) in [6.45, 7) is 4.44. The average Bonchev–Trinajstić information content (AvgIpc) is 3.23. The molecule has 2 aromatic heterocycles. The van der Waals surface area contributed by atoms with Gasteiger partial charge in [-0.15, -0.1) is 0 Å². The van der Waals surface area contributed by atoms with Crippen molar-refractivity contribution in [1.29, 1.82) is 0 Å². The Hall–Kier alpha value is -4.55. The molecule has 5 rings (SSSR count). The zero-order valence-corrected chi connectivity index (χ0v) is 20.6. The molecule has 3 heterocycles. The number of nitrogens with two attached hydrogens (primary N) is 1. The molecule has 0 atom stereocenters. The number of hydrogen-bond donors (Lipinski definition) is 4. The van der Waals surface area contributed by atoms with Gasteiger partial charge in [0.05, 0.1) is 30.2 Å². The third-order valence-corrected chi connectivity index (χ3v) is 6.31. The van der Waals surface area contributed by atoms with Crippen LogP contribution in [0.25, 0.3) is 16.6 Å². The highest BCUT2D eigenvalue weighted by Gasteiger charge is 2.27. The van der Waals surface area contributed by atoms with Crippen molar-refractivity contribution in [3.63, 3.8) is 0 Å². The summed E-state index contributed by atoms with van der Waals surface area (Å²) in [6, 6.07) is 9.45. The molecule has 196 valence electrons. The van der Waals surface area contributed by atoms with Crippen molar-refractivity contribution in [2.75, 3.05) is 42.7 Å². The minimum Gasteiger partial charge on any atom is -0.508 e. The number of halogens is 1. The van der Waals surface area contributed by atoms with Gasteiger partial charge in [-0.3, -0.25) is 9.69 Å². The van der Waals surface area contributed by atoms with Crippen LogP contribution >= 0.6 is 0 Å². The Labute approximate surface area is 217 Å². The molecular weight excluding hydrogens is 493 g/mol. The Morgan fingerprint density at radius 3 is 2.55 bits per heavy atom. The van der Waals surface area contributed by atoms with Gasteiger partial charge in [-0.05, 0) is 48.9 Å². The van der Waals surface area contributed by atoms with Gasteiger partial charge < -0.3 is 26.2 Å². The molecule has 2 aromatic carbocycles. The van der Waals surface area contributed by atoms with Gasteiger partial charge >= 0.3 is 6.03 Å². The highest BCUT2D eigenvalue weighted by atomic mass is 19.1. The Kier molecular flexibility index (Phi) is 6.90. The number of Topliss-reactive ketones (excluding diaryl/α,β-unsaturated/α-hetero) is 1. The van der Waals surface area contributed by atoms with Gasteiger partial charge in [0.1, 0.15) is 23.4 Å². The molecule has 11 nitrogen and oxygen atoms in total. The van der Waals surface area contributed by atoms with Gasteiger partial charge in [0.15, 0.2) is 11.6 Å². The van der Waals surface area contributed by atoms with Crippen molar-refractivity contribution in [1.82, 2.24) is 19.5 Å². The molecule has 5 N–H and O–H groups in total. The second-order valence-corrected chi connectivity index (χ2v) is 8.87. The standard InChI is InChI=1S/C26H26FN7O4/c1-15(35)22-21(13-33-8-10-38-11-9-33)34-24(25(28)29-14-30-34)23(22)16-2-7-20(19(27)12-16)32-26(37)31-17-3-5-18(36)6-4-17/h2-7,12,14,36H,8-11,13H2,1H3,(H2,28,29,30)(H2,31,32,37). The summed E-state index contributed by atoms with van der Waals surface area (Å²) < 4.78 is 22.3. The Balaban J connectivity index is 1.51. The van der Waals surface area contributed by atoms with Crippen LogP contribution in [-0.2, 0) is 11.3 Å². The number of benzene rings is 2. The number of phenolic OH excluding ortho intramolecular Hbond substituents is 1. The lowest BCUT2D eigenvalue weighted by Crippen LogP contribution is -2.36. The molecule has 2 amide bonds. The maximum absolute atomic E-state index is 15.2. The van der Waals surface area contributed by atoms with Crippen molar-refractivity contribution < 1.29 is 23.8 Å². The molecular formula is C26H26FN7O4. The highest BCUT2D eigenvalue weighted by Crippen LogP contribution is 2.37. The molecule has 1 saturated heterocycles. The number of nitrogens with one attached hydrogen (secondary N) is 2. The molecule has 4 aromatic rings. The highest BCUT2D eigenvalue weighted by molar-refractivity contribution is 6.08. The molecule has 1 aliphatic rings. The lowest BCUT2D eigenvalue weighted by atomic mass is 9.98. The second kappa shape index (κ2) is 10.4. The number of aromatic hydroxyl groups is 1. The number of phenols is 1. The number of hydrogen-bond acceptors (Lipinski definition) is 8. The van der Waals surface area contributed by atoms with Crippen LogP contribution in [0.3, 0.4) is 0 Å². The summed E-state index contributed by atoms with van der Waals surface area (Å²) in [5, 5.41) is 18.8. The lowest BCUT2D eigenvalue weighted by Gasteiger charge is -2.26. The van der Waals surface area contributed by atoms with Gasteiger partial charge in [0.2, 0.25) is 0 Å². The zero-order chi connectivity index (χ0) is 26.8. The first-order valence-electron chi connectivity index (χ1n) is 11.9. The number of nitrogens with zero attached hydrogens (tertiary/aromatic N) is 4. The average molecular weight is 520 g/mol. The number of ketones is 1. The summed E-state index contributed by atoms with van der Waals surface area (Å²) in [5.41, 5.74) is 8.85. The molecule has 0 spiro atoms. The summed E-state index contributed by atoms with van der Waals surface area (Å²) in [7, 11) is 0. The van der Waals surface area contributed by atoms with Gasteiger partial charge in [0, 0.05) is 30.9 Å². The van der Waals surface area contributed by atoms with E-state index in [1.807, 2.05) is 0 Å². The van der Waals surface area contributed by atoms with E-state index in [9.17, 15) is 14.7 Å². The Morgan fingerprint density at radius 2 is 1.87 bits per heavy atom. The summed E-state index contributed by atoms with van der Waals surface area (Å²) >= 11 is 0. The van der Waals surface area contributed by atoms with Crippen molar-refractivity contribution >= 4 is 34.5 Å². The van der Waals surface area contributed by atoms with Crippen LogP contribution in [0.4, 0.5) is 26.4 Å². The number of amides is 2. The van der Waals surface area contributed by atoms with Crippen LogP contribution in [0.5, 0.6) is 5.75 Å². The van der Waals surface area contributed by atoms with E-state index in [1.54, 1.807) is 10.6 Å². The number of carbonyl (C=O) groups excluding carboxylic acids is 2. The summed E-state index contributed by atoms with van der Waals surface area (Å²) in [6.07, 6.45) is 1.32. The summed E-state index contributed by atoms with van der Waals surface area (Å²) in [4.78, 5) is 31.6. The van der Waals surface area contributed by atoms with Gasteiger partial charge in [-0.1, -0.05) is 6.07 Å². The number of urea groups is 1. The predicted molar refractivity (Wildman–Crippen MR) is 140 cm³/mol. The molecule has 1 aliphatic heterocycles. The topological polar surface area (TPSA) is 147 Å². The molecule has 0 radical (unpaired) electrons. The minimum absolute atomic E-state index is 0.0554. The smallest absolute Gasteiger partial charge is 0.323 e. The van der Waals surface area contributed by atoms with Crippen molar-refractivity contribution in [2.45, 2.75) is 13.5 Å². The number of carbonyl (C=O) groups is 2. The molecule has 38 heavy (non-hydrogen) atoms. The first-order valence-corrected chi connectivity index (χ1v) is 11.9. The maximum Gasteiger partial charge on any atom is 0.323 e. The van der Waals surface area contributed by atoms with Crippen molar-refractivity contribution in [3.8, 4) is 16.9 Å². The number of nitrogen functional groups attached to an aromatic ring is 1. The first-order chi connectivity index (χ1) is 18.3. The number of aromatic nitrogens is 3. The van der Waals surface area contributed by atoms with Crippen LogP contribution in [0.2, 0.25) is 0 Å². The van der Waals surface area contributed by atoms with E-state index in [-0.39, 0.29) is 23.0 Å². The van der Waals surface area contributed by atoms with Crippen LogP contribution in [0.15, 0.2) is 48.8 Å². The first kappa shape index (κ1) is 25.1. The lowest BCUT2D eigenvalue weighted by molar-refractivity contribution is 0.0333. The van der Waals surface area contributed by atoms with E-state index in [0.717, 1.165) is 0 Å². The van der Waals surface area contributed by atoms with Crippen LogP contribution in [-0.4, -0.2) is 62.7 Å². The maximum atomic E-state index is 15.2. The van der Waals surface area contributed by atoms with Crippen LogP contribution < -0.4 is 16.4 Å². The third kappa shape index (κ3) is 4.99. The Bertz CT molecular complexity index is 1510. The second-order valence-electron chi connectivity index (χ2n) is 8.87. The molecule has 12 heteroatoms. The molecule has 0 unspecified atom stereocenters. The van der Waals surface area contributed by atoms with E-state index in [1.165, 1.54) is 49.6 Å². The number of fused-ring (bicyclic) bond motifs is 1. The van der Waals surface area contributed by atoms with Crippen molar-refractivity contribution in [2.24, 2.45) is 0 Å². The van der Waals surface area contributed by atoms with E-state index in [0.29, 0.717) is 66.4 Å².